The molecule has 2 aromatic carbocycles. The Morgan fingerprint density at radius 3 is 2.21 bits per heavy atom. The molecule has 5 heteroatoms. The normalized spacial score (nSPS) is 15.4. The molecular formula is C23H27ClN2O2. The fraction of sp³-hybridized carbons (Fsp3) is 0.391. The number of carbonyl (C=O) groups excluding carboxylic acids is 2. The van der Waals surface area contributed by atoms with E-state index in [1.807, 2.05) is 23.1 Å². The zero-order chi connectivity index (χ0) is 20.3. The van der Waals surface area contributed by atoms with Crippen LogP contribution in [0.4, 0.5) is 5.69 Å². The maximum absolute atomic E-state index is 12.8. The Hall–Kier alpha value is -2.33. The van der Waals surface area contributed by atoms with E-state index >= 15 is 0 Å². The van der Waals surface area contributed by atoms with Gasteiger partial charge in [0, 0.05) is 35.3 Å². The van der Waals surface area contributed by atoms with E-state index < -0.39 is 0 Å². The zero-order valence-electron chi connectivity index (χ0n) is 16.7. The molecule has 0 aromatic heterocycles. The van der Waals surface area contributed by atoms with E-state index in [9.17, 15) is 9.59 Å². The first-order valence-electron chi connectivity index (χ1n) is 9.71. The van der Waals surface area contributed by atoms with Crippen molar-refractivity contribution in [2.45, 2.75) is 39.0 Å². The number of benzene rings is 2. The third-order valence-electron chi connectivity index (χ3n) is 5.24. The Morgan fingerprint density at radius 1 is 1.00 bits per heavy atom. The van der Waals surface area contributed by atoms with Crippen LogP contribution in [0.3, 0.4) is 0 Å². The van der Waals surface area contributed by atoms with E-state index in [1.165, 1.54) is 0 Å². The number of carbonyl (C=O) groups is 2. The van der Waals surface area contributed by atoms with Gasteiger partial charge in [-0.05, 0) is 54.2 Å². The number of hydrogen-bond acceptors (Lipinski definition) is 2. The summed E-state index contributed by atoms with van der Waals surface area (Å²) in [7, 11) is 0. The molecule has 0 unspecified atom stereocenters. The van der Waals surface area contributed by atoms with E-state index in [2.05, 4.69) is 32.2 Å². The molecule has 0 aliphatic carbocycles. The molecule has 1 aliphatic rings. The van der Waals surface area contributed by atoms with Gasteiger partial charge >= 0.3 is 0 Å². The highest BCUT2D eigenvalue weighted by Crippen LogP contribution is 2.30. The number of amides is 2. The van der Waals surface area contributed by atoms with Gasteiger partial charge in [0.2, 0.25) is 5.91 Å². The molecular weight excluding hydrogens is 372 g/mol. The van der Waals surface area contributed by atoms with Crippen LogP contribution in [0.15, 0.2) is 48.5 Å². The Kier molecular flexibility index (Phi) is 6.09. The van der Waals surface area contributed by atoms with Gasteiger partial charge in [-0.3, -0.25) is 9.59 Å². The highest BCUT2D eigenvalue weighted by atomic mass is 35.5. The van der Waals surface area contributed by atoms with Gasteiger partial charge in [0.25, 0.3) is 5.91 Å². The van der Waals surface area contributed by atoms with Gasteiger partial charge in [0.05, 0.1) is 0 Å². The van der Waals surface area contributed by atoms with Crippen LogP contribution in [0.5, 0.6) is 0 Å². The molecule has 2 amide bonds. The molecule has 2 aromatic rings. The van der Waals surface area contributed by atoms with Crippen LogP contribution in [-0.4, -0.2) is 29.8 Å². The van der Waals surface area contributed by atoms with Gasteiger partial charge < -0.3 is 10.2 Å². The largest absolute Gasteiger partial charge is 0.339 e. The van der Waals surface area contributed by atoms with Gasteiger partial charge in [-0.25, -0.2) is 0 Å². The summed E-state index contributed by atoms with van der Waals surface area (Å²) in [6, 6.07) is 14.9. The molecule has 0 radical (unpaired) electrons. The molecule has 1 aliphatic heterocycles. The van der Waals surface area contributed by atoms with Crippen LogP contribution in [0, 0.1) is 5.92 Å². The van der Waals surface area contributed by atoms with Gasteiger partial charge in [0.15, 0.2) is 0 Å². The molecule has 0 spiro atoms. The van der Waals surface area contributed by atoms with Crippen molar-refractivity contribution >= 4 is 29.1 Å². The van der Waals surface area contributed by atoms with Crippen LogP contribution in [0.25, 0.3) is 0 Å². The third kappa shape index (κ3) is 4.74. The lowest BCUT2D eigenvalue weighted by molar-refractivity contribution is -0.121. The molecule has 4 nitrogen and oxygen atoms in total. The fourth-order valence-corrected chi connectivity index (χ4v) is 3.73. The average Bonchev–Trinajstić information content (AvgIpc) is 2.68. The van der Waals surface area contributed by atoms with E-state index in [1.54, 1.807) is 24.3 Å². The molecule has 1 N–H and O–H groups in total. The Labute approximate surface area is 171 Å². The van der Waals surface area contributed by atoms with Crippen molar-refractivity contribution in [2.75, 3.05) is 18.4 Å². The maximum atomic E-state index is 12.8. The fourth-order valence-electron chi connectivity index (χ4n) is 3.60. The first-order chi connectivity index (χ1) is 13.3. The van der Waals surface area contributed by atoms with Crippen LogP contribution < -0.4 is 5.32 Å². The number of para-hydroxylation sites is 1. The lowest BCUT2D eigenvalue weighted by Gasteiger charge is -2.32. The van der Waals surface area contributed by atoms with Crippen molar-refractivity contribution in [3.05, 3.63) is 64.7 Å². The predicted octanol–water partition coefficient (Wildman–Crippen LogP) is 5.13. The summed E-state index contributed by atoms with van der Waals surface area (Å²) in [4.78, 5) is 27.2. The number of nitrogens with one attached hydrogen (secondary N) is 1. The van der Waals surface area contributed by atoms with Crippen molar-refractivity contribution in [2.24, 2.45) is 5.92 Å². The summed E-state index contributed by atoms with van der Waals surface area (Å²) < 4.78 is 0. The minimum Gasteiger partial charge on any atom is -0.339 e. The van der Waals surface area contributed by atoms with Crippen molar-refractivity contribution in [3.63, 3.8) is 0 Å². The zero-order valence-corrected chi connectivity index (χ0v) is 17.4. The first kappa shape index (κ1) is 20.4. The highest BCUT2D eigenvalue weighted by Gasteiger charge is 2.28. The number of halogens is 1. The van der Waals surface area contributed by atoms with Gasteiger partial charge in [0.1, 0.15) is 0 Å². The molecule has 3 rings (SSSR count). The number of hydrogen-bond donors (Lipinski definition) is 1. The first-order valence-corrected chi connectivity index (χ1v) is 10.1. The summed E-state index contributed by atoms with van der Waals surface area (Å²) >= 11 is 5.89. The van der Waals surface area contributed by atoms with Crippen molar-refractivity contribution in [1.82, 2.24) is 4.90 Å². The average molecular weight is 399 g/mol. The van der Waals surface area contributed by atoms with Gasteiger partial charge in [-0.2, -0.15) is 0 Å². The summed E-state index contributed by atoms with van der Waals surface area (Å²) in [6.07, 6.45) is 1.34. The summed E-state index contributed by atoms with van der Waals surface area (Å²) in [5, 5.41) is 3.73. The topological polar surface area (TPSA) is 49.4 Å². The second kappa shape index (κ2) is 8.36. The molecule has 1 heterocycles. The number of piperidine rings is 1. The monoisotopic (exact) mass is 398 g/mol. The maximum Gasteiger partial charge on any atom is 0.253 e. The Bertz CT molecular complexity index is 848. The molecule has 0 atom stereocenters. The SMILES string of the molecule is CC(C)(C)c1ccccc1NC(=O)C1CCN(C(=O)c2ccc(Cl)cc2)CC1. The lowest BCUT2D eigenvalue weighted by Crippen LogP contribution is -2.41. The van der Waals surface area contributed by atoms with E-state index in [0.29, 0.717) is 36.5 Å². The van der Waals surface area contributed by atoms with E-state index in [-0.39, 0.29) is 23.1 Å². The number of nitrogens with zero attached hydrogens (tertiary/aromatic N) is 1. The second-order valence-corrected chi connectivity index (χ2v) is 8.79. The predicted molar refractivity (Wildman–Crippen MR) is 114 cm³/mol. The Balaban J connectivity index is 1.60. The smallest absolute Gasteiger partial charge is 0.253 e. The summed E-state index contributed by atoms with van der Waals surface area (Å²) in [5.74, 6) is -0.0498. The lowest BCUT2D eigenvalue weighted by atomic mass is 9.85. The number of anilines is 1. The van der Waals surface area contributed by atoms with Gasteiger partial charge in [-0.15, -0.1) is 0 Å². The summed E-state index contributed by atoms with van der Waals surface area (Å²) in [6.45, 7) is 7.58. The van der Waals surface area contributed by atoms with Crippen LogP contribution in [0.1, 0.15) is 49.5 Å². The van der Waals surface area contributed by atoms with Gasteiger partial charge in [-0.1, -0.05) is 50.6 Å². The van der Waals surface area contributed by atoms with Crippen molar-refractivity contribution in [3.8, 4) is 0 Å². The minimum absolute atomic E-state index is 0.00592. The summed E-state index contributed by atoms with van der Waals surface area (Å²) in [5.41, 5.74) is 2.59. The van der Waals surface area contributed by atoms with E-state index in [4.69, 9.17) is 11.6 Å². The molecule has 0 saturated carbocycles. The van der Waals surface area contributed by atoms with Crippen molar-refractivity contribution in [1.29, 1.82) is 0 Å². The number of rotatable bonds is 3. The highest BCUT2D eigenvalue weighted by molar-refractivity contribution is 6.30. The molecule has 148 valence electrons. The number of likely N-dealkylation sites (tertiary alicyclic amines) is 1. The third-order valence-corrected chi connectivity index (χ3v) is 5.49. The van der Waals surface area contributed by atoms with Crippen molar-refractivity contribution < 1.29 is 9.59 Å². The molecule has 28 heavy (non-hydrogen) atoms. The second-order valence-electron chi connectivity index (χ2n) is 8.36. The molecule has 0 bridgehead atoms. The molecule has 1 fully saturated rings. The van der Waals surface area contributed by atoms with Crippen LogP contribution in [-0.2, 0) is 10.2 Å². The minimum atomic E-state index is -0.0812. The molecule has 1 saturated heterocycles. The quantitative estimate of drug-likeness (QED) is 0.779. The van der Waals surface area contributed by atoms with E-state index in [0.717, 1.165) is 11.3 Å². The van der Waals surface area contributed by atoms with Crippen LogP contribution >= 0.6 is 11.6 Å². The standard InChI is InChI=1S/C23H27ClN2O2/c1-23(2,3)19-6-4-5-7-20(19)25-21(27)16-12-14-26(15-13-16)22(28)17-8-10-18(24)11-9-17/h4-11,16H,12-15H2,1-3H3,(H,25,27). The Morgan fingerprint density at radius 2 is 1.61 bits per heavy atom. The van der Waals surface area contributed by atoms with Crippen LogP contribution in [0.2, 0.25) is 5.02 Å².